The lowest BCUT2D eigenvalue weighted by Crippen LogP contribution is -2.33. The Balaban J connectivity index is 1.72. The maximum absolute atomic E-state index is 13.6. The lowest BCUT2D eigenvalue weighted by Gasteiger charge is -2.24. The van der Waals surface area contributed by atoms with E-state index in [-0.39, 0.29) is 48.6 Å². The first kappa shape index (κ1) is 30.6. The Morgan fingerprint density at radius 2 is 1.26 bits per heavy atom. The lowest BCUT2D eigenvalue weighted by molar-refractivity contribution is 0.308. The monoisotopic (exact) mass is 656 g/mol. The zero-order valence-electron chi connectivity index (χ0n) is 23.5. The number of halogens is 2. The normalized spacial score (nSPS) is 11.4. The molecule has 0 bridgehead atoms. The van der Waals surface area contributed by atoms with Crippen molar-refractivity contribution in [1.82, 2.24) is 18.3 Å². The Hall–Kier alpha value is -3.90. The van der Waals surface area contributed by atoms with Crippen LogP contribution in [0.5, 0.6) is 17.5 Å². The first-order chi connectivity index (χ1) is 20.3. The molecular formula is C30H26Cl2N4O5S2. The predicted octanol–water partition coefficient (Wildman–Crippen LogP) is 5.85. The molecule has 3 aromatic carbocycles. The molecule has 0 aliphatic rings. The van der Waals surface area contributed by atoms with E-state index in [1.54, 1.807) is 0 Å². The molecule has 0 fully saturated rings. The van der Waals surface area contributed by atoms with Crippen molar-refractivity contribution in [2.75, 3.05) is 0 Å². The van der Waals surface area contributed by atoms with Gasteiger partial charge in [0.25, 0.3) is 11.1 Å². The fourth-order valence-corrected chi connectivity index (χ4v) is 6.11. The van der Waals surface area contributed by atoms with Gasteiger partial charge in [-0.05, 0) is 58.5 Å². The molecule has 0 saturated carbocycles. The summed E-state index contributed by atoms with van der Waals surface area (Å²) in [5.41, 5.74) is -0.649. The quantitative estimate of drug-likeness (QED) is 0.221. The predicted molar refractivity (Wildman–Crippen MR) is 172 cm³/mol. The molecule has 2 N–H and O–H groups in total. The summed E-state index contributed by atoms with van der Waals surface area (Å²) in [4.78, 5) is 27.3. The number of hydrogen-bond acceptors (Lipinski definition) is 7. The van der Waals surface area contributed by atoms with Crippen LogP contribution in [-0.2, 0) is 34.8 Å². The van der Waals surface area contributed by atoms with Crippen LogP contribution >= 0.6 is 47.6 Å². The minimum Gasteiger partial charge on any atom is -0.494 e. The van der Waals surface area contributed by atoms with Gasteiger partial charge in [-0.15, -0.1) is 0 Å². The van der Waals surface area contributed by atoms with Crippen molar-refractivity contribution in [1.29, 1.82) is 0 Å². The topological polar surface area (TPSA) is 104 Å². The minimum atomic E-state index is -1.33. The summed E-state index contributed by atoms with van der Waals surface area (Å²) in [6, 6.07) is 16.7. The Morgan fingerprint density at radius 1 is 0.767 bits per heavy atom. The fraction of sp³-hybridized carbons (Fsp3) is 0.200. The number of rotatable bonds is 6. The van der Waals surface area contributed by atoms with Gasteiger partial charge < -0.3 is 14.9 Å². The third kappa shape index (κ3) is 5.16. The summed E-state index contributed by atoms with van der Waals surface area (Å²) < 4.78 is 10.9. The number of ether oxygens (including phenoxy) is 1. The van der Waals surface area contributed by atoms with E-state index in [9.17, 15) is 19.8 Å². The van der Waals surface area contributed by atoms with E-state index in [1.807, 2.05) is 42.5 Å². The van der Waals surface area contributed by atoms with Crippen LogP contribution in [0.2, 0.25) is 10.0 Å². The maximum Gasteiger partial charge on any atom is 0.262 e. The summed E-state index contributed by atoms with van der Waals surface area (Å²) >= 11 is 24.0. The first-order valence-electron chi connectivity index (χ1n) is 12.9. The minimum absolute atomic E-state index is 0.0434. The standard InChI is InChI=1S/C30H26Cl2N4O5S2/c1-33-25(37)22(26(38)34(2)29(33)42)21(23-27(39)35(3)30(43)36(4)28(23)40)17-12-19(31)24(20(32)13-17)41-14-16-10-7-9-15-8-5-6-11-18(15)16/h5-13,21,37,39H,14H2,1-4H3. The van der Waals surface area contributed by atoms with Crippen molar-refractivity contribution >= 4 is 58.4 Å². The van der Waals surface area contributed by atoms with E-state index in [1.165, 1.54) is 49.5 Å². The van der Waals surface area contributed by atoms with Gasteiger partial charge >= 0.3 is 0 Å². The Morgan fingerprint density at radius 3 is 1.79 bits per heavy atom. The highest BCUT2D eigenvalue weighted by Crippen LogP contribution is 2.42. The molecule has 0 amide bonds. The van der Waals surface area contributed by atoms with Gasteiger partial charge in [0.2, 0.25) is 11.8 Å². The average Bonchev–Trinajstić information content (AvgIpc) is 2.99. The second-order valence-corrected chi connectivity index (χ2v) is 11.6. The number of aromatic hydroxyl groups is 2. The zero-order chi connectivity index (χ0) is 31.3. The van der Waals surface area contributed by atoms with Crippen LogP contribution in [0.15, 0.2) is 64.2 Å². The molecule has 5 rings (SSSR count). The number of hydrogen-bond donors (Lipinski definition) is 2. The lowest BCUT2D eigenvalue weighted by atomic mass is 9.86. The van der Waals surface area contributed by atoms with Gasteiger partial charge in [0.05, 0.1) is 27.1 Å². The van der Waals surface area contributed by atoms with Gasteiger partial charge in [-0.3, -0.25) is 27.9 Å². The molecule has 0 aliphatic carbocycles. The van der Waals surface area contributed by atoms with Crippen molar-refractivity contribution in [3.8, 4) is 17.5 Å². The summed E-state index contributed by atoms with van der Waals surface area (Å²) in [5, 5.41) is 24.7. The van der Waals surface area contributed by atoms with E-state index in [0.29, 0.717) is 0 Å². The molecule has 0 aliphatic heterocycles. The highest BCUT2D eigenvalue weighted by molar-refractivity contribution is 7.71. The van der Waals surface area contributed by atoms with Crippen molar-refractivity contribution in [3.63, 3.8) is 0 Å². The largest absolute Gasteiger partial charge is 0.494 e. The fourth-order valence-electron chi connectivity index (χ4n) is 5.15. The van der Waals surface area contributed by atoms with E-state index in [4.69, 9.17) is 52.4 Å². The average molecular weight is 658 g/mol. The third-order valence-electron chi connectivity index (χ3n) is 7.52. The van der Waals surface area contributed by atoms with Crippen molar-refractivity contribution in [3.05, 3.63) is 117 Å². The number of aromatic nitrogens is 4. The van der Waals surface area contributed by atoms with Crippen molar-refractivity contribution in [2.24, 2.45) is 28.2 Å². The van der Waals surface area contributed by atoms with E-state index in [2.05, 4.69) is 0 Å². The zero-order valence-corrected chi connectivity index (χ0v) is 26.6. The Bertz CT molecular complexity index is 2070. The number of fused-ring (bicyclic) bond motifs is 1. The van der Waals surface area contributed by atoms with Gasteiger partial charge in [0, 0.05) is 28.2 Å². The molecule has 222 valence electrons. The SMILES string of the molecule is Cn1c(O)c(C(c2cc(Cl)c(OCc3cccc4ccccc34)c(Cl)c2)c2c(O)n(C)c(=S)n(C)c2=O)c(=O)n(C)c1=S. The molecule has 0 unspecified atom stereocenters. The summed E-state index contributed by atoms with van der Waals surface area (Å²) in [7, 11) is 5.84. The molecule has 9 nitrogen and oxygen atoms in total. The van der Waals surface area contributed by atoms with Crippen LogP contribution in [0, 0.1) is 9.54 Å². The molecule has 43 heavy (non-hydrogen) atoms. The van der Waals surface area contributed by atoms with Crippen LogP contribution in [0.4, 0.5) is 0 Å². The van der Waals surface area contributed by atoms with Gasteiger partial charge in [0.1, 0.15) is 6.61 Å². The van der Waals surface area contributed by atoms with Gasteiger partial charge in [-0.2, -0.15) is 0 Å². The van der Waals surface area contributed by atoms with Crippen LogP contribution in [0.3, 0.4) is 0 Å². The molecule has 0 radical (unpaired) electrons. The first-order valence-corrected chi connectivity index (χ1v) is 14.5. The van der Waals surface area contributed by atoms with Gasteiger partial charge in [-0.1, -0.05) is 65.7 Å². The van der Waals surface area contributed by atoms with Crippen LogP contribution < -0.4 is 15.9 Å². The van der Waals surface area contributed by atoms with E-state index < -0.39 is 28.8 Å². The highest BCUT2D eigenvalue weighted by Gasteiger charge is 2.33. The van der Waals surface area contributed by atoms with Gasteiger partial charge in [-0.25, -0.2) is 0 Å². The second-order valence-electron chi connectivity index (χ2n) is 10.1. The van der Waals surface area contributed by atoms with Gasteiger partial charge in [0.15, 0.2) is 15.3 Å². The summed E-state index contributed by atoms with van der Waals surface area (Å²) in [6.45, 7) is 0.165. The Labute approximate surface area is 266 Å². The molecule has 0 atom stereocenters. The third-order valence-corrected chi connectivity index (χ3v) is 9.18. The molecule has 2 aromatic heterocycles. The van der Waals surface area contributed by atoms with Crippen LogP contribution in [-0.4, -0.2) is 28.5 Å². The van der Waals surface area contributed by atoms with E-state index in [0.717, 1.165) is 25.5 Å². The van der Waals surface area contributed by atoms with E-state index >= 15 is 0 Å². The number of nitrogens with zero attached hydrogens (tertiary/aromatic N) is 4. The second kappa shape index (κ2) is 11.6. The van der Waals surface area contributed by atoms with Crippen molar-refractivity contribution < 1.29 is 14.9 Å². The van der Waals surface area contributed by atoms with Crippen molar-refractivity contribution in [2.45, 2.75) is 12.5 Å². The molecule has 5 aromatic rings. The Kier molecular flexibility index (Phi) is 8.28. The molecule has 13 heteroatoms. The number of benzene rings is 3. The smallest absolute Gasteiger partial charge is 0.262 e. The maximum atomic E-state index is 13.6. The summed E-state index contributed by atoms with van der Waals surface area (Å²) in [5.74, 6) is -2.13. The molecule has 0 spiro atoms. The highest BCUT2D eigenvalue weighted by atomic mass is 35.5. The summed E-state index contributed by atoms with van der Waals surface area (Å²) in [6.07, 6.45) is 0. The van der Waals surface area contributed by atoms with Crippen LogP contribution in [0.1, 0.15) is 28.2 Å². The molecular weight excluding hydrogens is 631 g/mol. The molecule has 0 saturated heterocycles. The molecule has 2 heterocycles. The van der Waals surface area contributed by atoms with Crippen LogP contribution in [0.25, 0.3) is 10.8 Å².